The molecule has 2 rings (SSSR count). The van der Waals surface area contributed by atoms with Crippen molar-refractivity contribution in [3.8, 4) is 0 Å². The van der Waals surface area contributed by atoms with Crippen LogP contribution in [0.2, 0.25) is 0 Å². The number of nitrogens with one attached hydrogen (secondary N) is 1. The van der Waals surface area contributed by atoms with E-state index in [-0.39, 0.29) is 5.91 Å². The average molecular weight is 343 g/mol. The predicted octanol–water partition coefficient (Wildman–Crippen LogP) is 3.43. The third kappa shape index (κ3) is 3.34. The maximum atomic E-state index is 12.0. The minimum Gasteiger partial charge on any atom is -0.345 e. The van der Waals surface area contributed by atoms with Crippen molar-refractivity contribution >= 4 is 45.8 Å². The second-order valence-corrected chi connectivity index (χ2v) is 6.04. The van der Waals surface area contributed by atoms with E-state index < -0.39 is 0 Å². The fourth-order valence-corrected chi connectivity index (χ4v) is 2.76. The number of benzene rings is 1. The van der Waals surface area contributed by atoms with Crippen molar-refractivity contribution in [2.24, 2.45) is 0 Å². The van der Waals surface area contributed by atoms with Crippen LogP contribution in [-0.4, -0.2) is 10.9 Å². The summed E-state index contributed by atoms with van der Waals surface area (Å²) in [5.74, 6) is -0.134. The van der Waals surface area contributed by atoms with Gasteiger partial charge < -0.3 is 5.32 Å². The van der Waals surface area contributed by atoms with Crippen molar-refractivity contribution < 1.29 is 4.79 Å². The van der Waals surface area contributed by atoms with Crippen LogP contribution in [0.15, 0.2) is 32.9 Å². The molecule has 1 heterocycles. The number of hydrogen-bond acceptors (Lipinski definition) is 4. The Labute approximate surface area is 123 Å². The van der Waals surface area contributed by atoms with Gasteiger partial charge in [0.05, 0.1) is 12.1 Å². The normalized spacial score (nSPS) is 10.4. The molecule has 0 unspecified atom stereocenters. The number of carbonyl (C=O) groups is 1. The number of thiazole rings is 1. The highest BCUT2D eigenvalue weighted by molar-refractivity contribution is 9.10. The standard InChI is InChI=1S/C12H11BrN2OS2/c1-7-6-18-11(15-7)5-14-12(16)9-4-8(17)2-3-10(9)13/h2-4,6,17H,5H2,1H3,(H,14,16). The summed E-state index contributed by atoms with van der Waals surface area (Å²) in [6.07, 6.45) is 0. The van der Waals surface area contributed by atoms with Crippen LogP contribution in [0.5, 0.6) is 0 Å². The molecule has 94 valence electrons. The Morgan fingerprint density at radius 2 is 2.33 bits per heavy atom. The Hall–Kier alpha value is -0.850. The summed E-state index contributed by atoms with van der Waals surface area (Å²) in [6, 6.07) is 5.37. The topological polar surface area (TPSA) is 42.0 Å². The van der Waals surface area contributed by atoms with Gasteiger partial charge in [-0.3, -0.25) is 4.79 Å². The summed E-state index contributed by atoms with van der Waals surface area (Å²) in [4.78, 5) is 17.1. The lowest BCUT2D eigenvalue weighted by Crippen LogP contribution is -2.23. The van der Waals surface area contributed by atoms with Gasteiger partial charge in [0.2, 0.25) is 0 Å². The Morgan fingerprint density at radius 1 is 1.56 bits per heavy atom. The van der Waals surface area contributed by atoms with Gasteiger partial charge in [0.15, 0.2) is 0 Å². The van der Waals surface area contributed by atoms with E-state index in [1.165, 1.54) is 0 Å². The van der Waals surface area contributed by atoms with Crippen LogP contribution in [0.3, 0.4) is 0 Å². The number of nitrogens with zero attached hydrogens (tertiary/aromatic N) is 1. The predicted molar refractivity (Wildman–Crippen MR) is 79.4 cm³/mol. The highest BCUT2D eigenvalue weighted by Gasteiger charge is 2.10. The zero-order valence-electron chi connectivity index (χ0n) is 9.61. The number of thiol groups is 1. The number of aryl methyl sites for hydroxylation is 1. The Kier molecular flexibility index (Phi) is 4.42. The molecule has 0 spiro atoms. The van der Waals surface area contributed by atoms with E-state index in [1.54, 1.807) is 17.4 Å². The zero-order valence-corrected chi connectivity index (χ0v) is 12.9. The molecule has 0 fully saturated rings. The van der Waals surface area contributed by atoms with Crippen molar-refractivity contribution in [1.29, 1.82) is 0 Å². The van der Waals surface area contributed by atoms with Crippen molar-refractivity contribution in [2.45, 2.75) is 18.4 Å². The van der Waals surface area contributed by atoms with Crippen molar-refractivity contribution in [1.82, 2.24) is 10.3 Å². The molecular weight excluding hydrogens is 332 g/mol. The lowest BCUT2D eigenvalue weighted by Gasteiger charge is -2.06. The highest BCUT2D eigenvalue weighted by Crippen LogP contribution is 2.20. The maximum absolute atomic E-state index is 12.0. The maximum Gasteiger partial charge on any atom is 0.252 e. The molecule has 0 saturated heterocycles. The smallest absolute Gasteiger partial charge is 0.252 e. The first-order valence-electron chi connectivity index (χ1n) is 5.24. The van der Waals surface area contributed by atoms with Gasteiger partial charge in [-0.05, 0) is 41.1 Å². The summed E-state index contributed by atoms with van der Waals surface area (Å²) >= 11 is 9.12. The van der Waals surface area contributed by atoms with E-state index in [0.717, 1.165) is 20.1 Å². The highest BCUT2D eigenvalue weighted by atomic mass is 79.9. The Morgan fingerprint density at radius 3 is 3.00 bits per heavy atom. The first-order valence-corrected chi connectivity index (χ1v) is 7.36. The number of hydrogen-bond donors (Lipinski definition) is 2. The molecule has 0 atom stereocenters. The molecule has 6 heteroatoms. The Bertz CT molecular complexity index is 583. The van der Waals surface area contributed by atoms with Crippen molar-refractivity contribution in [3.05, 3.63) is 44.3 Å². The van der Waals surface area contributed by atoms with Crippen molar-refractivity contribution in [2.75, 3.05) is 0 Å². The molecule has 0 saturated carbocycles. The van der Waals surface area contributed by atoms with Gasteiger partial charge in [-0.2, -0.15) is 0 Å². The van der Waals surface area contributed by atoms with Crippen LogP contribution in [0.4, 0.5) is 0 Å². The fourth-order valence-electron chi connectivity index (χ4n) is 1.42. The molecule has 0 radical (unpaired) electrons. The molecule has 0 aliphatic heterocycles. The van der Waals surface area contributed by atoms with E-state index in [0.29, 0.717) is 12.1 Å². The van der Waals surface area contributed by atoms with Crippen LogP contribution in [0.1, 0.15) is 21.1 Å². The molecule has 1 amide bonds. The number of aromatic nitrogens is 1. The Balaban J connectivity index is 2.05. The molecule has 0 aliphatic carbocycles. The summed E-state index contributed by atoms with van der Waals surface area (Å²) in [7, 11) is 0. The van der Waals surface area contributed by atoms with Gasteiger partial charge in [-0.25, -0.2) is 4.98 Å². The van der Waals surface area contributed by atoms with Gasteiger partial charge in [0.1, 0.15) is 5.01 Å². The van der Waals surface area contributed by atoms with E-state index in [2.05, 4.69) is 38.9 Å². The molecule has 1 aromatic carbocycles. The minimum absolute atomic E-state index is 0.134. The largest absolute Gasteiger partial charge is 0.345 e. The quantitative estimate of drug-likeness (QED) is 0.839. The third-order valence-electron chi connectivity index (χ3n) is 2.26. The van der Waals surface area contributed by atoms with Crippen LogP contribution in [-0.2, 0) is 6.54 Å². The van der Waals surface area contributed by atoms with Gasteiger partial charge in [-0.1, -0.05) is 0 Å². The molecule has 0 aliphatic rings. The summed E-state index contributed by atoms with van der Waals surface area (Å²) in [6.45, 7) is 2.38. The monoisotopic (exact) mass is 342 g/mol. The summed E-state index contributed by atoms with van der Waals surface area (Å²) < 4.78 is 0.758. The molecule has 18 heavy (non-hydrogen) atoms. The lowest BCUT2D eigenvalue weighted by atomic mass is 10.2. The molecule has 1 aromatic heterocycles. The molecule has 1 N–H and O–H groups in total. The van der Waals surface area contributed by atoms with E-state index >= 15 is 0 Å². The van der Waals surface area contributed by atoms with Gasteiger partial charge in [0.25, 0.3) is 5.91 Å². The van der Waals surface area contributed by atoms with Crippen molar-refractivity contribution in [3.63, 3.8) is 0 Å². The van der Waals surface area contributed by atoms with Crippen LogP contribution in [0, 0.1) is 6.92 Å². The van der Waals surface area contributed by atoms with Gasteiger partial charge in [0, 0.05) is 20.4 Å². The number of amides is 1. The second kappa shape index (κ2) is 5.86. The molecular formula is C12H11BrN2OS2. The van der Waals surface area contributed by atoms with Crippen LogP contribution >= 0.6 is 39.9 Å². The van der Waals surface area contributed by atoms with Gasteiger partial charge >= 0.3 is 0 Å². The van der Waals surface area contributed by atoms with Crippen LogP contribution in [0.25, 0.3) is 0 Å². The minimum atomic E-state index is -0.134. The first kappa shape index (κ1) is 13.6. The number of rotatable bonds is 3. The third-order valence-corrected chi connectivity index (χ3v) is 4.20. The van der Waals surface area contributed by atoms with Gasteiger partial charge in [-0.15, -0.1) is 24.0 Å². The zero-order chi connectivity index (χ0) is 13.1. The van der Waals surface area contributed by atoms with Crippen LogP contribution < -0.4 is 5.32 Å². The van der Waals surface area contributed by atoms with E-state index in [1.807, 2.05) is 24.4 Å². The lowest BCUT2D eigenvalue weighted by molar-refractivity contribution is 0.0950. The fraction of sp³-hybridized carbons (Fsp3) is 0.167. The summed E-state index contributed by atoms with van der Waals surface area (Å²) in [5.41, 5.74) is 1.55. The first-order chi connectivity index (χ1) is 8.56. The molecule has 0 bridgehead atoms. The summed E-state index contributed by atoms with van der Waals surface area (Å²) in [5, 5.41) is 5.71. The van der Waals surface area contributed by atoms with E-state index in [4.69, 9.17) is 0 Å². The molecule has 3 nitrogen and oxygen atoms in total. The second-order valence-electron chi connectivity index (χ2n) is 3.73. The number of carbonyl (C=O) groups excluding carboxylic acids is 1. The SMILES string of the molecule is Cc1csc(CNC(=O)c2cc(S)ccc2Br)n1. The number of halogens is 1. The van der Waals surface area contributed by atoms with E-state index in [9.17, 15) is 4.79 Å². The molecule has 2 aromatic rings. The average Bonchev–Trinajstić information content (AvgIpc) is 2.75.